The number of nitrogens with zero attached hydrogens (tertiary/aromatic N) is 1. The molecule has 0 atom stereocenters. The van der Waals surface area contributed by atoms with Crippen molar-refractivity contribution >= 4 is 5.91 Å². The van der Waals surface area contributed by atoms with Crippen LogP contribution in [0.1, 0.15) is 46.5 Å². The molecule has 0 radical (unpaired) electrons. The smallest absolute Gasteiger partial charge is 0.256 e. The summed E-state index contributed by atoms with van der Waals surface area (Å²) in [6, 6.07) is 0. The van der Waals surface area contributed by atoms with E-state index in [1.165, 1.54) is 12.5 Å². The lowest BCUT2D eigenvalue weighted by molar-refractivity contribution is -0.127. The van der Waals surface area contributed by atoms with Crippen molar-refractivity contribution in [2.45, 2.75) is 46.5 Å². The molecule has 17 heavy (non-hydrogen) atoms. The maximum Gasteiger partial charge on any atom is 0.256 e. The van der Waals surface area contributed by atoms with E-state index in [2.05, 4.69) is 0 Å². The number of carbonyl (C=O) groups is 1. The van der Waals surface area contributed by atoms with Gasteiger partial charge < -0.3 is 4.90 Å². The summed E-state index contributed by atoms with van der Waals surface area (Å²) >= 11 is 0. The zero-order chi connectivity index (χ0) is 12.8. The van der Waals surface area contributed by atoms with Crippen molar-refractivity contribution in [2.24, 2.45) is 0 Å². The van der Waals surface area contributed by atoms with Crippen LogP contribution in [0.3, 0.4) is 0 Å². The Labute approximate surface area is 103 Å². The first kappa shape index (κ1) is 13.9. The molecular formula is C14H22FNO. The molecule has 96 valence electrons. The van der Waals surface area contributed by atoms with Gasteiger partial charge in [0.05, 0.1) is 5.57 Å². The van der Waals surface area contributed by atoms with Crippen LogP contribution >= 0.6 is 0 Å². The van der Waals surface area contributed by atoms with E-state index < -0.39 is 0 Å². The molecule has 2 nitrogen and oxygen atoms in total. The predicted octanol–water partition coefficient (Wildman–Crippen LogP) is 3.60. The van der Waals surface area contributed by atoms with Crippen molar-refractivity contribution < 1.29 is 9.18 Å². The summed E-state index contributed by atoms with van der Waals surface area (Å²) in [5, 5.41) is 0. The molecule has 1 saturated heterocycles. The molecule has 1 aliphatic rings. The number of likely N-dealkylation sites (tertiary alicyclic amines) is 1. The molecule has 0 aromatic carbocycles. The lowest BCUT2D eigenvalue weighted by atomic mass is 10.0. The second-order valence-corrected chi connectivity index (χ2v) is 4.69. The van der Waals surface area contributed by atoms with Crippen LogP contribution in [0.25, 0.3) is 0 Å². The molecule has 0 aliphatic carbocycles. The quantitative estimate of drug-likeness (QED) is 0.544. The van der Waals surface area contributed by atoms with Gasteiger partial charge >= 0.3 is 0 Å². The average molecular weight is 239 g/mol. The van der Waals surface area contributed by atoms with Gasteiger partial charge in [-0.15, -0.1) is 0 Å². The molecule has 1 fully saturated rings. The van der Waals surface area contributed by atoms with Crippen LogP contribution in [0.2, 0.25) is 0 Å². The van der Waals surface area contributed by atoms with Gasteiger partial charge in [-0.3, -0.25) is 4.79 Å². The second-order valence-electron chi connectivity index (χ2n) is 4.69. The Morgan fingerprint density at radius 1 is 1.24 bits per heavy atom. The number of rotatable bonds is 3. The number of hydrogen-bond acceptors (Lipinski definition) is 1. The van der Waals surface area contributed by atoms with Crippen molar-refractivity contribution in [3.8, 4) is 0 Å². The summed E-state index contributed by atoms with van der Waals surface area (Å²) in [4.78, 5) is 14.0. The highest BCUT2D eigenvalue weighted by molar-refractivity contribution is 5.97. The molecule has 1 rings (SSSR count). The van der Waals surface area contributed by atoms with Gasteiger partial charge in [-0.05, 0) is 45.6 Å². The zero-order valence-corrected chi connectivity index (χ0v) is 11.1. The molecular weight excluding hydrogens is 217 g/mol. The van der Waals surface area contributed by atoms with Crippen LogP contribution in [0.4, 0.5) is 4.39 Å². The summed E-state index contributed by atoms with van der Waals surface area (Å²) in [7, 11) is 0. The Morgan fingerprint density at radius 2 is 1.82 bits per heavy atom. The Bertz CT molecular complexity index is 334. The molecule has 1 heterocycles. The van der Waals surface area contributed by atoms with E-state index in [0.717, 1.165) is 31.5 Å². The van der Waals surface area contributed by atoms with E-state index in [9.17, 15) is 9.18 Å². The molecule has 0 unspecified atom stereocenters. The maximum absolute atomic E-state index is 13.9. The summed E-state index contributed by atoms with van der Waals surface area (Å²) < 4.78 is 13.9. The first-order valence-corrected chi connectivity index (χ1v) is 6.40. The Hall–Kier alpha value is -1.12. The molecule has 0 spiro atoms. The first-order valence-electron chi connectivity index (χ1n) is 6.40. The van der Waals surface area contributed by atoms with Gasteiger partial charge in [-0.25, -0.2) is 4.39 Å². The fraction of sp³-hybridized carbons (Fsp3) is 0.643. The summed E-state index contributed by atoms with van der Waals surface area (Å²) in [5.41, 5.74) is 1.01. The third-order valence-corrected chi connectivity index (χ3v) is 2.98. The Morgan fingerprint density at radius 3 is 2.29 bits per heavy atom. The molecule has 0 aromatic rings. The Kier molecular flexibility index (Phi) is 5.39. The fourth-order valence-corrected chi connectivity index (χ4v) is 2.09. The van der Waals surface area contributed by atoms with Crippen LogP contribution < -0.4 is 0 Å². The average Bonchev–Trinajstić information content (AvgIpc) is 2.30. The highest BCUT2D eigenvalue weighted by Crippen LogP contribution is 2.21. The number of allylic oxidation sites excluding steroid dienone is 2. The molecule has 0 bridgehead atoms. The molecule has 1 aliphatic heterocycles. The largest absolute Gasteiger partial charge is 0.339 e. The van der Waals surface area contributed by atoms with Crippen molar-refractivity contribution in [2.75, 3.05) is 13.1 Å². The van der Waals surface area contributed by atoms with E-state index in [1.807, 2.05) is 6.92 Å². The van der Waals surface area contributed by atoms with Crippen molar-refractivity contribution in [3.05, 3.63) is 23.0 Å². The van der Waals surface area contributed by atoms with E-state index >= 15 is 0 Å². The standard InChI is InChI=1S/C14H22FNO/c1-4-8-12(15)13(11(2)3)14(17)16-9-6-5-7-10-16/h8H,4-7,9-10H2,1-3H3/b12-8+. The second kappa shape index (κ2) is 6.58. The van der Waals surface area contributed by atoms with Crippen molar-refractivity contribution in [1.82, 2.24) is 4.90 Å². The lowest BCUT2D eigenvalue weighted by Gasteiger charge is -2.27. The van der Waals surface area contributed by atoms with E-state index in [0.29, 0.717) is 6.42 Å². The van der Waals surface area contributed by atoms with Crippen LogP contribution in [-0.2, 0) is 4.79 Å². The summed E-state index contributed by atoms with van der Waals surface area (Å²) in [6.07, 6.45) is 5.31. The van der Waals surface area contributed by atoms with Crippen LogP contribution in [0.15, 0.2) is 23.0 Å². The minimum atomic E-state index is -0.372. The van der Waals surface area contributed by atoms with Gasteiger partial charge in [-0.1, -0.05) is 12.5 Å². The van der Waals surface area contributed by atoms with Gasteiger partial charge in [0.2, 0.25) is 0 Å². The number of amides is 1. The minimum Gasteiger partial charge on any atom is -0.339 e. The van der Waals surface area contributed by atoms with E-state index in [1.54, 1.807) is 18.7 Å². The van der Waals surface area contributed by atoms with E-state index in [4.69, 9.17) is 0 Å². The molecule has 0 aromatic heterocycles. The third-order valence-electron chi connectivity index (χ3n) is 2.98. The Balaban J connectivity index is 2.89. The lowest BCUT2D eigenvalue weighted by Crippen LogP contribution is -2.37. The molecule has 3 heteroatoms. The number of carbonyl (C=O) groups excluding carboxylic acids is 1. The fourth-order valence-electron chi connectivity index (χ4n) is 2.09. The van der Waals surface area contributed by atoms with Crippen molar-refractivity contribution in [3.63, 3.8) is 0 Å². The highest BCUT2D eigenvalue weighted by Gasteiger charge is 2.23. The third kappa shape index (κ3) is 3.69. The maximum atomic E-state index is 13.9. The monoisotopic (exact) mass is 239 g/mol. The van der Waals surface area contributed by atoms with Gasteiger partial charge in [0.25, 0.3) is 5.91 Å². The normalized spacial score (nSPS) is 16.9. The van der Waals surface area contributed by atoms with Gasteiger partial charge in [-0.2, -0.15) is 0 Å². The molecule has 0 saturated carbocycles. The number of piperidine rings is 1. The number of halogens is 1. The topological polar surface area (TPSA) is 20.3 Å². The number of hydrogen-bond donors (Lipinski definition) is 0. The zero-order valence-electron chi connectivity index (χ0n) is 11.1. The molecule has 1 amide bonds. The van der Waals surface area contributed by atoms with Gasteiger partial charge in [0.15, 0.2) is 0 Å². The van der Waals surface area contributed by atoms with E-state index in [-0.39, 0.29) is 17.3 Å². The van der Waals surface area contributed by atoms with Crippen LogP contribution in [-0.4, -0.2) is 23.9 Å². The first-order chi connectivity index (χ1) is 8.07. The van der Waals surface area contributed by atoms with Gasteiger partial charge in [0.1, 0.15) is 5.83 Å². The predicted molar refractivity (Wildman–Crippen MR) is 68.3 cm³/mol. The van der Waals surface area contributed by atoms with Crippen molar-refractivity contribution in [1.29, 1.82) is 0 Å². The minimum absolute atomic E-state index is 0.146. The summed E-state index contributed by atoms with van der Waals surface area (Å²) in [5.74, 6) is -0.519. The van der Waals surface area contributed by atoms with Gasteiger partial charge in [0, 0.05) is 13.1 Å². The van der Waals surface area contributed by atoms with Crippen LogP contribution in [0, 0.1) is 0 Å². The van der Waals surface area contributed by atoms with Crippen LogP contribution in [0.5, 0.6) is 0 Å². The highest BCUT2D eigenvalue weighted by atomic mass is 19.1. The summed E-state index contributed by atoms with van der Waals surface area (Å²) in [6.45, 7) is 6.97. The SMILES string of the molecule is CC/C=C(/F)C(C(=O)N1CCCCC1)=C(C)C. The molecule has 0 N–H and O–H groups in total.